The molecule has 0 aromatic rings. The lowest BCUT2D eigenvalue weighted by Crippen LogP contribution is -2.56. The fourth-order valence-corrected chi connectivity index (χ4v) is 6.08. The Kier molecular flexibility index (Phi) is 6.23. The lowest BCUT2D eigenvalue weighted by atomic mass is 9.73. The van der Waals surface area contributed by atoms with Gasteiger partial charge in [0.25, 0.3) is 0 Å². The van der Waals surface area contributed by atoms with Crippen LogP contribution in [0.2, 0.25) is 0 Å². The first-order chi connectivity index (χ1) is 10.2. The van der Waals surface area contributed by atoms with Gasteiger partial charge >= 0.3 is 0 Å². The molecule has 1 saturated carbocycles. The van der Waals surface area contributed by atoms with Gasteiger partial charge in [-0.25, -0.2) is 0 Å². The van der Waals surface area contributed by atoms with Gasteiger partial charge in [0.05, 0.1) is 0 Å². The molecule has 4 unspecified atom stereocenters. The third kappa shape index (κ3) is 3.99. The van der Waals surface area contributed by atoms with E-state index in [4.69, 9.17) is 0 Å². The van der Waals surface area contributed by atoms with E-state index in [9.17, 15) is 4.79 Å². The zero-order chi connectivity index (χ0) is 16.5. The van der Waals surface area contributed by atoms with Crippen molar-refractivity contribution in [3.8, 4) is 0 Å². The van der Waals surface area contributed by atoms with E-state index >= 15 is 0 Å². The number of nitrogens with zero attached hydrogens (tertiary/aromatic N) is 1. The van der Waals surface area contributed by atoms with E-state index in [1.807, 2.05) is 0 Å². The van der Waals surface area contributed by atoms with Crippen LogP contribution in [0.5, 0.6) is 0 Å². The quantitative estimate of drug-likeness (QED) is 0.432. The second-order valence-electron chi connectivity index (χ2n) is 8.38. The molecule has 1 heterocycles. The third-order valence-corrected chi connectivity index (χ3v) is 7.28. The molecule has 1 aliphatic heterocycles. The van der Waals surface area contributed by atoms with Gasteiger partial charge in [-0.3, -0.25) is 4.79 Å². The van der Waals surface area contributed by atoms with Gasteiger partial charge in [-0.1, -0.05) is 62.6 Å². The normalized spacial score (nSPS) is 37.7. The number of likely N-dealkylation sites (tertiary alicyclic amines) is 1. The summed E-state index contributed by atoms with van der Waals surface area (Å²) < 4.78 is 0.315. The van der Waals surface area contributed by atoms with Crippen LogP contribution in [0, 0.1) is 17.8 Å². The lowest BCUT2D eigenvalue weighted by molar-refractivity contribution is -0.142. The first kappa shape index (κ1) is 18.5. The fourth-order valence-electron chi connectivity index (χ4n) is 4.79. The van der Waals surface area contributed by atoms with E-state index in [1.165, 1.54) is 32.1 Å². The summed E-state index contributed by atoms with van der Waals surface area (Å²) >= 11 is 2.74. The highest BCUT2D eigenvalue weighted by Gasteiger charge is 2.46. The van der Waals surface area contributed by atoms with Crippen LogP contribution in [0.4, 0.5) is 0 Å². The average Bonchev–Trinajstić information content (AvgIpc) is 2.46. The van der Waals surface area contributed by atoms with Crippen molar-refractivity contribution >= 4 is 28.5 Å². The zero-order valence-electron chi connectivity index (χ0n) is 15.1. The van der Waals surface area contributed by atoms with Crippen LogP contribution in [0.3, 0.4) is 0 Å². The lowest BCUT2D eigenvalue weighted by Gasteiger charge is -2.49. The van der Waals surface area contributed by atoms with Crippen molar-refractivity contribution in [2.45, 2.75) is 95.1 Å². The van der Waals surface area contributed by atoms with Crippen LogP contribution in [0.1, 0.15) is 79.6 Å². The molecule has 0 N–H and O–H groups in total. The Morgan fingerprint density at radius 3 is 2.36 bits per heavy atom. The Morgan fingerprint density at radius 2 is 1.77 bits per heavy atom. The summed E-state index contributed by atoms with van der Waals surface area (Å²) in [4.78, 5) is 14.7. The molecule has 2 aliphatic rings. The largest absolute Gasteiger partial charge is 0.337 e. The number of amides is 1. The van der Waals surface area contributed by atoms with E-state index < -0.39 is 0 Å². The van der Waals surface area contributed by atoms with Crippen molar-refractivity contribution in [2.24, 2.45) is 17.8 Å². The molecule has 2 nitrogen and oxygen atoms in total. The second kappa shape index (κ2) is 7.40. The average molecular weight is 419 g/mol. The standard InChI is InChI=1S/C19H34INO/c1-13(2)15-8-6-7-9-17-16(19(5,20)12-15)10-11-18(22)21(17)14(3)4/h13-17H,6-12H2,1-5H3. The molecule has 22 heavy (non-hydrogen) atoms. The molecular formula is C19H34INO. The molecule has 0 aromatic carbocycles. The van der Waals surface area contributed by atoms with Crippen molar-refractivity contribution < 1.29 is 4.79 Å². The summed E-state index contributed by atoms with van der Waals surface area (Å²) in [6, 6.07) is 0.809. The Balaban J connectivity index is 2.29. The molecule has 2 fully saturated rings. The number of piperidine rings is 1. The third-order valence-electron chi connectivity index (χ3n) is 6.04. The van der Waals surface area contributed by atoms with Crippen molar-refractivity contribution in [1.82, 2.24) is 4.90 Å². The van der Waals surface area contributed by atoms with Crippen LogP contribution in [-0.4, -0.2) is 26.3 Å². The summed E-state index contributed by atoms with van der Waals surface area (Å²) in [5.41, 5.74) is 0. The fraction of sp³-hybridized carbons (Fsp3) is 0.947. The Labute approximate surface area is 150 Å². The number of alkyl halides is 1. The minimum Gasteiger partial charge on any atom is -0.337 e. The van der Waals surface area contributed by atoms with Crippen LogP contribution in [0.25, 0.3) is 0 Å². The van der Waals surface area contributed by atoms with Gasteiger partial charge in [0.15, 0.2) is 0 Å². The van der Waals surface area contributed by atoms with E-state index in [1.54, 1.807) is 0 Å². The summed E-state index contributed by atoms with van der Waals surface area (Å²) in [7, 11) is 0. The SMILES string of the molecule is CC(C)C1CCCCC2C(CCC(=O)N2C(C)C)C(C)(I)C1. The van der Waals surface area contributed by atoms with Gasteiger partial charge in [-0.15, -0.1) is 0 Å². The van der Waals surface area contributed by atoms with E-state index in [-0.39, 0.29) is 0 Å². The molecular weight excluding hydrogens is 385 g/mol. The van der Waals surface area contributed by atoms with Gasteiger partial charge in [0.1, 0.15) is 0 Å². The molecule has 1 aliphatic carbocycles. The van der Waals surface area contributed by atoms with Crippen LogP contribution >= 0.6 is 22.6 Å². The molecule has 0 bridgehead atoms. The minimum absolute atomic E-state index is 0.315. The molecule has 0 aromatic heterocycles. The molecule has 3 heteroatoms. The van der Waals surface area contributed by atoms with E-state index in [0.29, 0.717) is 27.3 Å². The maximum Gasteiger partial charge on any atom is 0.223 e. The predicted molar refractivity (Wildman–Crippen MR) is 102 cm³/mol. The van der Waals surface area contributed by atoms with Crippen molar-refractivity contribution in [2.75, 3.05) is 0 Å². The molecule has 2 rings (SSSR count). The molecule has 4 atom stereocenters. The summed E-state index contributed by atoms with van der Waals surface area (Å²) in [5, 5.41) is 0. The highest BCUT2D eigenvalue weighted by molar-refractivity contribution is 14.1. The smallest absolute Gasteiger partial charge is 0.223 e. The number of carbonyl (C=O) groups excluding carboxylic acids is 1. The molecule has 128 valence electrons. The van der Waals surface area contributed by atoms with Crippen LogP contribution < -0.4 is 0 Å². The van der Waals surface area contributed by atoms with Crippen molar-refractivity contribution in [1.29, 1.82) is 0 Å². The predicted octanol–water partition coefficient (Wildman–Crippen LogP) is 5.43. The van der Waals surface area contributed by atoms with Gasteiger partial charge in [0.2, 0.25) is 5.91 Å². The first-order valence-electron chi connectivity index (χ1n) is 9.24. The molecule has 1 amide bonds. The summed E-state index contributed by atoms with van der Waals surface area (Å²) in [6.07, 6.45) is 8.35. The van der Waals surface area contributed by atoms with Gasteiger partial charge in [-0.05, 0) is 50.9 Å². The van der Waals surface area contributed by atoms with Crippen LogP contribution in [-0.2, 0) is 4.79 Å². The highest BCUT2D eigenvalue weighted by Crippen LogP contribution is 2.47. The highest BCUT2D eigenvalue weighted by atomic mass is 127. The van der Waals surface area contributed by atoms with Crippen molar-refractivity contribution in [3.63, 3.8) is 0 Å². The molecule has 0 spiro atoms. The number of hydrogen-bond donors (Lipinski definition) is 0. The molecule has 0 radical (unpaired) electrons. The number of hydrogen-bond acceptors (Lipinski definition) is 1. The number of carbonyl (C=O) groups is 1. The second-order valence-corrected chi connectivity index (χ2v) is 10.8. The van der Waals surface area contributed by atoms with Crippen molar-refractivity contribution in [3.05, 3.63) is 0 Å². The van der Waals surface area contributed by atoms with E-state index in [2.05, 4.69) is 62.1 Å². The summed E-state index contributed by atoms with van der Waals surface area (Å²) in [5.74, 6) is 2.67. The van der Waals surface area contributed by atoms with Crippen LogP contribution in [0.15, 0.2) is 0 Å². The maximum absolute atomic E-state index is 12.5. The van der Waals surface area contributed by atoms with Gasteiger partial charge in [0, 0.05) is 21.9 Å². The Bertz CT molecular complexity index is 391. The number of rotatable bonds is 2. The van der Waals surface area contributed by atoms with Gasteiger partial charge < -0.3 is 4.90 Å². The maximum atomic E-state index is 12.5. The summed E-state index contributed by atoms with van der Waals surface area (Å²) in [6.45, 7) is 11.6. The number of halogens is 1. The number of fused-ring (bicyclic) bond motifs is 1. The Morgan fingerprint density at radius 1 is 1.14 bits per heavy atom. The monoisotopic (exact) mass is 419 g/mol. The first-order valence-corrected chi connectivity index (χ1v) is 10.3. The van der Waals surface area contributed by atoms with Gasteiger partial charge in [-0.2, -0.15) is 0 Å². The minimum atomic E-state index is 0.315. The zero-order valence-corrected chi connectivity index (χ0v) is 17.2. The molecule has 1 saturated heterocycles. The van der Waals surface area contributed by atoms with E-state index in [0.717, 1.165) is 24.7 Å². The topological polar surface area (TPSA) is 20.3 Å². The Hall–Kier alpha value is 0.200.